The molecule has 3 aromatic carbocycles. The van der Waals surface area contributed by atoms with Crippen LogP contribution in [0.1, 0.15) is 36.8 Å². The first-order valence-electron chi connectivity index (χ1n) is 15.4. The first-order valence-corrected chi connectivity index (χ1v) is 17.0. The van der Waals surface area contributed by atoms with Gasteiger partial charge in [-0.1, -0.05) is 25.1 Å². The number of benzene rings is 3. The van der Waals surface area contributed by atoms with Crippen LogP contribution in [-0.4, -0.2) is 63.9 Å². The average Bonchev–Trinajstić information content (AvgIpc) is 3.51. The zero-order valence-electron chi connectivity index (χ0n) is 26.1. The lowest BCUT2D eigenvalue weighted by Crippen LogP contribution is -2.56. The van der Waals surface area contributed by atoms with Crippen molar-refractivity contribution >= 4 is 21.7 Å². The van der Waals surface area contributed by atoms with Gasteiger partial charge in [-0.05, 0) is 85.5 Å². The number of ether oxygens (including phenoxy) is 3. The van der Waals surface area contributed by atoms with E-state index < -0.39 is 26.4 Å². The van der Waals surface area contributed by atoms with Gasteiger partial charge in [0.1, 0.15) is 35.8 Å². The maximum absolute atomic E-state index is 14.5. The maximum atomic E-state index is 14.5. The zero-order chi connectivity index (χ0) is 33.6. The average molecular weight is 661 g/mol. The Morgan fingerprint density at radius 3 is 2.21 bits per heavy atom. The van der Waals surface area contributed by atoms with Crippen LogP contribution in [0.3, 0.4) is 0 Å². The summed E-state index contributed by atoms with van der Waals surface area (Å²) < 4.78 is 56.8. The van der Waals surface area contributed by atoms with Crippen molar-refractivity contribution in [1.82, 2.24) is 4.90 Å². The molecule has 1 saturated carbocycles. The van der Waals surface area contributed by atoms with Crippen molar-refractivity contribution in [3.05, 3.63) is 114 Å². The number of halogens is 1. The van der Waals surface area contributed by atoms with E-state index in [9.17, 15) is 22.4 Å². The van der Waals surface area contributed by atoms with E-state index in [2.05, 4.69) is 11.4 Å². The molecule has 0 aromatic heterocycles. The molecule has 0 N–H and O–H groups in total. The quantitative estimate of drug-likeness (QED) is 0.102. The van der Waals surface area contributed by atoms with Crippen LogP contribution in [0.15, 0.2) is 90.3 Å². The second kappa shape index (κ2) is 14.4. The fraction of sp³-hybridized carbons (Fsp3) is 0.361. The van der Waals surface area contributed by atoms with Crippen LogP contribution in [0.4, 0.5) is 4.39 Å². The minimum Gasteiger partial charge on any atom is -0.490 e. The maximum Gasteiger partial charge on any atom is 0.305 e. The van der Waals surface area contributed by atoms with Crippen LogP contribution >= 0.6 is 0 Å². The lowest BCUT2D eigenvalue weighted by Gasteiger charge is -2.37. The third-order valence-electron chi connectivity index (χ3n) is 9.13. The number of carbonyl (C=O) groups excluding carboxylic acids is 2. The van der Waals surface area contributed by atoms with E-state index in [1.807, 2.05) is 12.1 Å². The molecule has 3 atom stereocenters. The highest BCUT2D eigenvalue weighted by molar-refractivity contribution is 7.92. The molecule has 2 aliphatic rings. The van der Waals surface area contributed by atoms with Gasteiger partial charge in [0, 0.05) is 36.6 Å². The number of sulfone groups is 1. The van der Waals surface area contributed by atoms with Crippen LogP contribution in [0.25, 0.3) is 4.85 Å². The van der Waals surface area contributed by atoms with Crippen LogP contribution in [-0.2, 0) is 29.7 Å². The van der Waals surface area contributed by atoms with Crippen molar-refractivity contribution in [2.45, 2.75) is 41.4 Å². The Kier molecular flexibility index (Phi) is 10.3. The Labute approximate surface area is 274 Å². The molecule has 11 heteroatoms. The number of nitrogens with zero attached hydrogens (tertiary/aromatic N) is 2. The van der Waals surface area contributed by atoms with E-state index in [0.29, 0.717) is 22.6 Å². The number of hydrogen-bond donors (Lipinski definition) is 0. The third kappa shape index (κ3) is 7.03. The number of carbonyl (C=O) groups is 2. The molecule has 0 spiro atoms. The Morgan fingerprint density at radius 1 is 1.00 bits per heavy atom. The number of hydrogen-bond acceptors (Lipinski definition) is 7. The van der Waals surface area contributed by atoms with Crippen LogP contribution < -0.4 is 9.47 Å². The lowest BCUT2D eigenvalue weighted by molar-refractivity contribution is -0.142. The third-order valence-corrected chi connectivity index (χ3v) is 11.2. The van der Waals surface area contributed by atoms with Crippen molar-refractivity contribution in [2.75, 3.05) is 33.4 Å². The largest absolute Gasteiger partial charge is 0.490 e. The van der Waals surface area contributed by atoms with E-state index >= 15 is 0 Å². The van der Waals surface area contributed by atoms with Gasteiger partial charge >= 0.3 is 5.97 Å². The van der Waals surface area contributed by atoms with Gasteiger partial charge in [0.05, 0.1) is 12.0 Å². The van der Waals surface area contributed by atoms with E-state index in [0.717, 1.165) is 19.3 Å². The monoisotopic (exact) mass is 660 g/mol. The smallest absolute Gasteiger partial charge is 0.305 e. The van der Waals surface area contributed by atoms with Gasteiger partial charge < -0.3 is 19.1 Å². The predicted molar refractivity (Wildman–Crippen MR) is 173 cm³/mol. The lowest BCUT2D eigenvalue weighted by atomic mass is 9.68. The number of rotatable bonds is 13. The van der Waals surface area contributed by atoms with Crippen molar-refractivity contribution < 1.29 is 36.6 Å². The second-order valence-electron chi connectivity index (χ2n) is 11.8. The van der Waals surface area contributed by atoms with E-state index in [1.54, 1.807) is 36.4 Å². The van der Waals surface area contributed by atoms with Gasteiger partial charge in [0.15, 0.2) is 9.84 Å². The number of amides is 1. The molecule has 9 nitrogen and oxygen atoms in total. The minimum absolute atomic E-state index is 0.0846. The molecule has 2 fully saturated rings. The van der Waals surface area contributed by atoms with Gasteiger partial charge in [-0.15, -0.1) is 0 Å². The summed E-state index contributed by atoms with van der Waals surface area (Å²) in [5.41, 5.74) is 0.0487. The van der Waals surface area contributed by atoms with Gasteiger partial charge in [0.2, 0.25) is 5.91 Å². The Hall–Kier alpha value is -4.69. The zero-order valence-corrected chi connectivity index (χ0v) is 27.0. The van der Waals surface area contributed by atoms with E-state index in [1.165, 1.54) is 42.4 Å². The Morgan fingerprint density at radius 2 is 1.64 bits per heavy atom. The molecule has 0 unspecified atom stereocenters. The van der Waals surface area contributed by atoms with E-state index in [-0.39, 0.29) is 61.3 Å². The van der Waals surface area contributed by atoms with Crippen molar-refractivity contribution in [2.24, 2.45) is 11.8 Å². The molecule has 0 bridgehead atoms. The Balaban J connectivity index is 1.22. The normalized spacial score (nSPS) is 19.1. The summed E-state index contributed by atoms with van der Waals surface area (Å²) in [6.07, 6.45) is 3.73. The summed E-state index contributed by atoms with van der Waals surface area (Å²) in [5, 5.41) is -0.647. The fourth-order valence-corrected chi connectivity index (χ4v) is 8.30. The van der Waals surface area contributed by atoms with Gasteiger partial charge in [-0.25, -0.2) is 19.4 Å². The first kappa shape index (κ1) is 33.7. The summed E-state index contributed by atoms with van der Waals surface area (Å²) >= 11 is 0. The predicted octanol–water partition coefficient (Wildman–Crippen LogP) is 5.60. The number of esters is 1. The molecule has 3 aromatic rings. The minimum atomic E-state index is -3.57. The fourth-order valence-electron chi connectivity index (χ4n) is 6.65. The standard InChI is InChI=1S/C36H37FN2O7S/c1-4-34(40)39-23-32(24-39)47(42,43)31-17-15-30(16-18-31)46-20-19-45-29-13-11-26(12-14-29)36(38-2,27-8-6-9-28(37)22-27)33-10-5-7-25(33)21-35(41)44-3/h4,6,8-9,11-18,22,25,32-33H,1,5,7,10,19-21,23-24H2,3H3/t25-,33+,36-/m1/s1. The summed E-state index contributed by atoms with van der Waals surface area (Å²) in [7, 11) is -2.22. The van der Waals surface area contributed by atoms with Gasteiger partial charge in [0.25, 0.3) is 5.54 Å². The van der Waals surface area contributed by atoms with Crippen LogP contribution in [0.5, 0.6) is 11.5 Å². The molecule has 1 aliphatic carbocycles. The highest BCUT2D eigenvalue weighted by Gasteiger charge is 2.54. The first-order chi connectivity index (χ1) is 22.6. The van der Waals surface area contributed by atoms with Gasteiger partial charge in [-0.3, -0.25) is 14.4 Å². The summed E-state index contributed by atoms with van der Waals surface area (Å²) in [6.45, 7) is 12.5. The van der Waals surface area contributed by atoms with Crippen molar-refractivity contribution in [3.63, 3.8) is 0 Å². The van der Waals surface area contributed by atoms with E-state index in [4.69, 9.17) is 20.8 Å². The molecule has 47 heavy (non-hydrogen) atoms. The molecule has 1 saturated heterocycles. The molecule has 246 valence electrons. The molecule has 1 heterocycles. The highest BCUT2D eigenvalue weighted by Crippen LogP contribution is 2.52. The summed E-state index contributed by atoms with van der Waals surface area (Å²) in [6, 6.07) is 19.5. The van der Waals surface area contributed by atoms with Gasteiger partial charge in [-0.2, -0.15) is 0 Å². The molecule has 0 radical (unpaired) electrons. The van der Waals surface area contributed by atoms with Crippen LogP contribution in [0.2, 0.25) is 0 Å². The molecule has 1 aliphatic heterocycles. The summed E-state index contributed by atoms with van der Waals surface area (Å²) in [4.78, 5) is 29.6. The number of methoxy groups -OCH3 is 1. The SMILES string of the molecule is [C-]#[N+][C@](c1ccc(OCCOc2ccc(S(=O)(=O)C3CN(C(=O)C=C)C3)cc2)cc1)(c1cccc(F)c1)[C@H]1CCC[C@@H]1CC(=O)OC. The van der Waals surface area contributed by atoms with Crippen molar-refractivity contribution in [1.29, 1.82) is 0 Å². The van der Waals surface area contributed by atoms with Crippen LogP contribution in [0, 0.1) is 24.2 Å². The number of likely N-dealkylation sites (tertiary alicyclic amines) is 1. The molecular weight excluding hydrogens is 623 g/mol. The topological polar surface area (TPSA) is 104 Å². The second-order valence-corrected chi connectivity index (χ2v) is 14.0. The molecule has 5 rings (SSSR count). The Bertz CT molecular complexity index is 1750. The van der Waals surface area contributed by atoms with Crippen molar-refractivity contribution in [3.8, 4) is 11.5 Å². The summed E-state index contributed by atoms with van der Waals surface area (Å²) in [5.74, 6) is -0.301. The molecular formula is C36H37FN2O7S. The molecule has 1 amide bonds. The highest BCUT2D eigenvalue weighted by atomic mass is 32.2.